The number of hydrogen-bond acceptors (Lipinski definition) is 2. The molecule has 0 saturated carbocycles. The lowest BCUT2D eigenvalue weighted by atomic mass is 9.94. The molecule has 17 heavy (non-hydrogen) atoms. The van der Waals surface area contributed by atoms with E-state index in [9.17, 15) is 9.59 Å². The van der Waals surface area contributed by atoms with Crippen LogP contribution in [0.5, 0.6) is 0 Å². The van der Waals surface area contributed by atoms with Crippen molar-refractivity contribution in [3.63, 3.8) is 0 Å². The summed E-state index contributed by atoms with van der Waals surface area (Å²) in [6.45, 7) is 12.6. The summed E-state index contributed by atoms with van der Waals surface area (Å²) in [6, 6.07) is 0. The van der Waals surface area contributed by atoms with Gasteiger partial charge in [-0.1, -0.05) is 40.3 Å². The molecular weight excluding hydrogens is 220 g/mol. The van der Waals surface area contributed by atoms with E-state index in [4.69, 9.17) is 10.2 Å². The summed E-state index contributed by atoms with van der Waals surface area (Å²) >= 11 is 0. The molecular formula is C13H22O4. The van der Waals surface area contributed by atoms with Crippen LogP contribution in [0.15, 0.2) is 23.8 Å². The number of aliphatic carboxylic acids is 2. The number of carboxylic acid groups (broad SMARTS) is 2. The van der Waals surface area contributed by atoms with E-state index in [1.54, 1.807) is 19.9 Å². The minimum absolute atomic E-state index is 0.0392. The predicted octanol–water partition coefficient (Wildman–Crippen LogP) is 3.10. The van der Waals surface area contributed by atoms with E-state index in [1.807, 2.05) is 20.8 Å². The Balaban J connectivity index is 0. The number of rotatable bonds is 3. The summed E-state index contributed by atoms with van der Waals surface area (Å²) < 4.78 is 0. The number of carboxylic acids is 2. The molecule has 0 aromatic rings. The van der Waals surface area contributed by atoms with E-state index in [1.165, 1.54) is 0 Å². The van der Waals surface area contributed by atoms with Gasteiger partial charge in [-0.2, -0.15) is 0 Å². The molecule has 0 aromatic carbocycles. The molecule has 0 atom stereocenters. The van der Waals surface area contributed by atoms with Gasteiger partial charge in [-0.05, 0) is 18.8 Å². The van der Waals surface area contributed by atoms with E-state index in [0.29, 0.717) is 12.0 Å². The third kappa shape index (κ3) is 12.4. The highest BCUT2D eigenvalue weighted by atomic mass is 16.4. The molecule has 0 aliphatic heterocycles. The van der Waals surface area contributed by atoms with Crippen LogP contribution in [0, 0.1) is 5.41 Å². The van der Waals surface area contributed by atoms with Crippen LogP contribution in [-0.2, 0) is 9.59 Å². The van der Waals surface area contributed by atoms with Crippen LogP contribution in [-0.4, -0.2) is 22.2 Å². The van der Waals surface area contributed by atoms with Crippen molar-refractivity contribution in [2.45, 2.75) is 41.0 Å². The van der Waals surface area contributed by atoms with Gasteiger partial charge in [-0.25, -0.2) is 9.59 Å². The zero-order valence-corrected chi connectivity index (χ0v) is 11.2. The van der Waals surface area contributed by atoms with E-state index >= 15 is 0 Å². The number of allylic oxidation sites excluding steroid dienone is 1. The van der Waals surface area contributed by atoms with Crippen LogP contribution in [0.4, 0.5) is 0 Å². The fraction of sp³-hybridized carbons (Fsp3) is 0.538. The molecule has 0 aliphatic rings. The number of hydrogen-bond donors (Lipinski definition) is 2. The Morgan fingerprint density at radius 3 is 1.65 bits per heavy atom. The zero-order chi connectivity index (χ0) is 14.2. The van der Waals surface area contributed by atoms with E-state index in [-0.39, 0.29) is 11.0 Å². The van der Waals surface area contributed by atoms with Gasteiger partial charge < -0.3 is 10.2 Å². The molecule has 0 spiro atoms. The molecule has 0 bridgehead atoms. The Bertz CT molecular complexity index is 319. The molecule has 4 nitrogen and oxygen atoms in total. The van der Waals surface area contributed by atoms with Gasteiger partial charge in [0, 0.05) is 11.1 Å². The van der Waals surface area contributed by atoms with Crippen molar-refractivity contribution in [1.29, 1.82) is 0 Å². The molecule has 0 radical (unpaired) electrons. The number of carbonyl (C=O) groups is 2. The van der Waals surface area contributed by atoms with Gasteiger partial charge in [-0.3, -0.25) is 0 Å². The highest BCUT2D eigenvalue weighted by Crippen LogP contribution is 2.17. The van der Waals surface area contributed by atoms with Crippen molar-refractivity contribution in [3.05, 3.63) is 23.8 Å². The first-order chi connectivity index (χ1) is 7.51. The topological polar surface area (TPSA) is 74.6 Å². The summed E-state index contributed by atoms with van der Waals surface area (Å²) in [5.74, 6) is -1.74. The van der Waals surface area contributed by atoms with Gasteiger partial charge in [0.1, 0.15) is 0 Å². The Labute approximate surface area is 103 Å². The lowest BCUT2D eigenvalue weighted by molar-refractivity contribution is -0.133. The van der Waals surface area contributed by atoms with Crippen molar-refractivity contribution in [1.82, 2.24) is 0 Å². The second kappa shape index (κ2) is 7.65. The fourth-order valence-corrected chi connectivity index (χ4v) is 0.862. The molecule has 4 heteroatoms. The standard InChI is InChI=1S/C8H14O2.C5H8O2/c1-6(7(9)10)5-8(2,3)4;1-3-4(2)5(6)7/h5H,1-4H3,(H,9,10);2-3H2,1H3,(H,6,7). The predicted molar refractivity (Wildman–Crippen MR) is 67.9 cm³/mol. The van der Waals surface area contributed by atoms with Crippen molar-refractivity contribution in [2.24, 2.45) is 5.41 Å². The normalized spacial score (nSPS) is 11.2. The Morgan fingerprint density at radius 1 is 1.18 bits per heavy atom. The van der Waals surface area contributed by atoms with Gasteiger partial charge >= 0.3 is 11.9 Å². The van der Waals surface area contributed by atoms with Gasteiger partial charge in [0.25, 0.3) is 0 Å². The maximum Gasteiger partial charge on any atom is 0.330 e. The highest BCUT2D eigenvalue weighted by Gasteiger charge is 2.09. The van der Waals surface area contributed by atoms with Crippen LogP contribution < -0.4 is 0 Å². The summed E-state index contributed by atoms with van der Waals surface area (Å²) in [4.78, 5) is 20.1. The largest absolute Gasteiger partial charge is 0.478 e. The van der Waals surface area contributed by atoms with E-state index in [0.717, 1.165) is 0 Å². The van der Waals surface area contributed by atoms with Gasteiger partial charge in [0.2, 0.25) is 0 Å². The lowest BCUT2D eigenvalue weighted by Crippen LogP contribution is -2.05. The SMILES string of the molecule is C=C(CC)C(=O)O.CC(=CC(C)(C)C)C(=O)O. The van der Waals surface area contributed by atoms with E-state index < -0.39 is 11.9 Å². The third-order valence-electron chi connectivity index (χ3n) is 1.72. The van der Waals surface area contributed by atoms with Crippen LogP contribution in [0.1, 0.15) is 41.0 Å². The first kappa shape index (κ1) is 17.8. The molecule has 0 unspecified atom stereocenters. The Morgan fingerprint density at radius 2 is 1.59 bits per heavy atom. The van der Waals surface area contributed by atoms with Gasteiger partial charge in [-0.15, -0.1) is 0 Å². The van der Waals surface area contributed by atoms with Crippen molar-refractivity contribution >= 4 is 11.9 Å². The zero-order valence-electron chi connectivity index (χ0n) is 11.2. The quantitative estimate of drug-likeness (QED) is 0.746. The monoisotopic (exact) mass is 242 g/mol. The minimum atomic E-state index is -0.900. The van der Waals surface area contributed by atoms with Crippen LogP contribution in [0.25, 0.3) is 0 Å². The fourth-order valence-electron chi connectivity index (χ4n) is 0.862. The summed E-state index contributed by atoms with van der Waals surface area (Å²) in [6.07, 6.45) is 2.27. The maximum atomic E-state index is 10.3. The van der Waals surface area contributed by atoms with Crippen LogP contribution in [0.3, 0.4) is 0 Å². The average molecular weight is 242 g/mol. The molecule has 0 heterocycles. The molecule has 0 fully saturated rings. The highest BCUT2D eigenvalue weighted by molar-refractivity contribution is 5.86. The summed E-state index contributed by atoms with van der Waals surface area (Å²) in [7, 11) is 0. The van der Waals surface area contributed by atoms with Crippen molar-refractivity contribution in [2.75, 3.05) is 0 Å². The molecule has 2 N–H and O–H groups in total. The third-order valence-corrected chi connectivity index (χ3v) is 1.72. The minimum Gasteiger partial charge on any atom is -0.478 e. The van der Waals surface area contributed by atoms with Crippen molar-refractivity contribution in [3.8, 4) is 0 Å². The smallest absolute Gasteiger partial charge is 0.330 e. The van der Waals surface area contributed by atoms with Crippen LogP contribution in [0.2, 0.25) is 0 Å². The molecule has 0 aliphatic carbocycles. The molecule has 0 amide bonds. The first-order valence-corrected chi connectivity index (χ1v) is 5.35. The Hall–Kier alpha value is -1.58. The molecule has 0 aromatic heterocycles. The Kier molecular flexibility index (Phi) is 8.02. The van der Waals surface area contributed by atoms with Crippen LogP contribution >= 0.6 is 0 Å². The summed E-state index contributed by atoms with van der Waals surface area (Å²) in [5, 5.41) is 16.6. The first-order valence-electron chi connectivity index (χ1n) is 5.35. The second-order valence-corrected chi connectivity index (χ2v) is 4.76. The molecule has 0 rings (SSSR count). The van der Waals surface area contributed by atoms with Crippen molar-refractivity contribution < 1.29 is 19.8 Å². The van der Waals surface area contributed by atoms with Gasteiger partial charge in [0.15, 0.2) is 0 Å². The molecule has 0 saturated heterocycles. The van der Waals surface area contributed by atoms with E-state index in [2.05, 4.69) is 6.58 Å². The molecule has 98 valence electrons. The van der Waals surface area contributed by atoms with Gasteiger partial charge in [0.05, 0.1) is 0 Å². The lowest BCUT2D eigenvalue weighted by Gasteiger charge is -2.11. The average Bonchev–Trinajstić information content (AvgIpc) is 2.14. The summed E-state index contributed by atoms with van der Waals surface area (Å²) in [5.41, 5.74) is 0.634. The maximum absolute atomic E-state index is 10.3. The second-order valence-electron chi connectivity index (χ2n) is 4.76.